The van der Waals surface area contributed by atoms with E-state index in [2.05, 4.69) is 24.1 Å². The lowest BCUT2D eigenvalue weighted by Gasteiger charge is -2.17. The van der Waals surface area contributed by atoms with Gasteiger partial charge in [-0.1, -0.05) is 19.9 Å². The van der Waals surface area contributed by atoms with Crippen molar-refractivity contribution >= 4 is 5.91 Å². The molecule has 0 saturated heterocycles. The standard InChI is InChI=1S/C17H28N2O3/c1-5-19(6-2)11-7-10-18-17(20)13-14-8-9-15(21-3)16(12-14)22-4/h8-9,12H,5-7,10-11,13H2,1-4H3,(H,18,20). The maximum atomic E-state index is 12.0. The number of nitrogens with zero attached hydrogens (tertiary/aromatic N) is 1. The third kappa shape index (κ3) is 5.93. The highest BCUT2D eigenvalue weighted by Gasteiger charge is 2.08. The molecule has 0 aliphatic carbocycles. The number of carbonyl (C=O) groups is 1. The lowest BCUT2D eigenvalue weighted by molar-refractivity contribution is -0.120. The average molecular weight is 308 g/mol. The van der Waals surface area contributed by atoms with Crippen LogP contribution in [0.3, 0.4) is 0 Å². The summed E-state index contributed by atoms with van der Waals surface area (Å²) in [5, 5.41) is 2.96. The maximum absolute atomic E-state index is 12.0. The molecule has 5 nitrogen and oxygen atoms in total. The van der Waals surface area contributed by atoms with Crippen LogP contribution < -0.4 is 14.8 Å². The molecule has 0 aromatic heterocycles. The van der Waals surface area contributed by atoms with Gasteiger partial charge in [0.05, 0.1) is 20.6 Å². The molecule has 0 heterocycles. The van der Waals surface area contributed by atoms with Crippen LogP contribution in [0.25, 0.3) is 0 Å². The molecule has 124 valence electrons. The molecule has 0 atom stereocenters. The molecular formula is C17H28N2O3. The number of amides is 1. The van der Waals surface area contributed by atoms with E-state index in [1.54, 1.807) is 14.2 Å². The highest BCUT2D eigenvalue weighted by atomic mass is 16.5. The van der Waals surface area contributed by atoms with Gasteiger partial charge in [0.1, 0.15) is 0 Å². The zero-order valence-electron chi connectivity index (χ0n) is 14.1. The van der Waals surface area contributed by atoms with Crippen molar-refractivity contribution in [3.05, 3.63) is 23.8 Å². The molecule has 1 N–H and O–H groups in total. The molecular weight excluding hydrogens is 280 g/mol. The van der Waals surface area contributed by atoms with E-state index in [0.717, 1.165) is 31.6 Å². The quantitative estimate of drug-likeness (QED) is 0.673. The van der Waals surface area contributed by atoms with E-state index in [1.165, 1.54) is 0 Å². The minimum Gasteiger partial charge on any atom is -0.493 e. The highest BCUT2D eigenvalue weighted by molar-refractivity contribution is 5.78. The third-order valence-electron chi connectivity index (χ3n) is 3.68. The topological polar surface area (TPSA) is 50.8 Å². The minimum absolute atomic E-state index is 0.0340. The summed E-state index contributed by atoms with van der Waals surface area (Å²) in [7, 11) is 3.19. The first-order chi connectivity index (χ1) is 10.6. The zero-order chi connectivity index (χ0) is 16.4. The maximum Gasteiger partial charge on any atom is 0.224 e. The van der Waals surface area contributed by atoms with Gasteiger partial charge >= 0.3 is 0 Å². The smallest absolute Gasteiger partial charge is 0.224 e. The van der Waals surface area contributed by atoms with Crippen molar-refractivity contribution in [1.82, 2.24) is 10.2 Å². The minimum atomic E-state index is 0.0340. The highest BCUT2D eigenvalue weighted by Crippen LogP contribution is 2.27. The van der Waals surface area contributed by atoms with Gasteiger partial charge in [0, 0.05) is 6.54 Å². The van der Waals surface area contributed by atoms with Crippen molar-refractivity contribution < 1.29 is 14.3 Å². The summed E-state index contributed by atoms with van der Waals surface area (Å²) in [6.45, 7) is 8.14. The van der Waals surface area contributed by atoms with E-state index in [0.29, 0.717) is 24.5 Å². The summed E-state index contributed by atoms with van der Waals surface area (Å²) >= 11 is 0. The summed E-state index contributed by atoms with van der Waals surface area (Å²) in [6, 6.07) is 5.55. The van der Waals surface area contributed by atoms with Crippen LogP contribution in [0.1, 0.15) is 25.8 Å². The van der Waals surface area contributed by atoms with Crippen molar-refractivity contribution in [2.75, 3.05) is 40.4 Å². The molecule has 0 bridgehead atoms. The molecule has 0 aliphatic rings. The van der Waals surface area contributed by atoms with Gasteiger partial charge in [0.2, 0.25) is 5.91 Å². The molecule has 0 unspecified atom stereocenters. The largest absolute Gasteiger partial charge is 0.493 e. The fraction of sp³-hybridized carbons (Fsp3) is 0.588. The van der Waals surface area contributed by atoms with Crippen LogP contribution in [0, 0.1) is 0 Å². The van der Waals surface area contributed by atoms with E-state index in [9.17, 15) is 4.79 Å². The van der Waals surface area contributed by atoms with Crippen LogP contribution >= 0.6 is 0 Å². The van der Waals surface area contributed by atoms with Crippen molar-refractivity contribution in [1.29, 1.82) is 0 Å². The van der Waals surface area contributed by atoms with Gasteiger partial charge < -0.3 is 19.7 Å². The molecule has 1 aromatic carbocycles. The van der Waals surface area contributed by atoms with Crippen molar-refractivity contribution in [3.8, 4) is 11.5 Å². The first kappa shape index (κ1) is 18.3. The van der Waals surface area contributed by atoms with E-state index < -0.39 is 0 Å². The Kier molecular flexibility index (Phi) is 8.36. The fourth-order valence-electron chi connectivity index (χ4n) is 2.31. The summed E-state index contributed by atoms with van der Waals surface area (Å²) < 4.78 is 10.4. The molecule has 5 heteroatoms. The number of hydrogen-bond donors (Lipinski definition) is 1. The molecule has 22 heavy (non-hydrogen) atoms. The predicted molar refractivity (Wildman–Crippen MR) is 88.7 cm³/mol. The SMILES string of the molecule is CCN(CC)CCCNC(=O)Cc1ccc(OC)c(OC)c1. The van der Waals surface area contributed by atoms with E-state index >= 15 is 0 Å². The third-order valence-corrected chi connectivity index (χ3v) is 3.68. The zero-order valence-corrected chi connectivity index (χ0v) is 14.1. The van der Waals surface area contributed by atoms with Crippen LogP contribution in [0.2, 0.25) is 0 Å². The van der Waals surface area contributed by atoms with Gasteiger partial charge in [-0.15, -0.1) is 0 Å². The summed E-state index contributed by atoms with van der Waals surface area (Å²) in [5.41, 5.74) is 0.916. The second kappa shape index (κ2) is 10.1. The molecule has 0 saturated carbocycles. The lowest BCUT2D eigenvalue weighted by Crippen LogP contribution is -2.30. The van der Waals surface area contributed by atoms with Gasteiger partial charge in [-0.3, -0.25) is 4.79 Å². The van der Waals surface area contributed by atoms with Crippen molar-refractivity contribution in [2.45, 2.75) is 26.7 Å². The number of ether oxygens (including phenoxy) is 2. The van der Waals surface area contributed by atoms with Gasteiger partial charge in [-0.25, -0.2) is 0 Å². The Hall–Kier alpha value is -1.75. The molecule has 1 aromatic rings. The van der Waals surface area contributed by atoms with Crippen LogP contribution in [0.5, 0.6) is 11.5 Å². The lowest BCUT2D eigenvalue weighted by atomic mass is 10.1. The van der Waals surface area contributed by atoms with Gasteiger partial charge in [-0.2, -0.15) is 0 Å². The fourth-order valence-corrected chi connectivity index (χ4v) is 2.31. The number of benzene rings is 1. The molecule has 0 fully saturated rings. The Morgan fingerprint density at radius 2 is 1.82 bits per heavy atom. The molecule has 0 spiro atoms. The number of methoxy groups -OCH3 is 2. The summed E-state index contributed by atoms with van der Waals surface area (Å²) in [6.07, 6.45) is 1.32. The van der Waals surface area contributed by atoms with Crippen molar-refractivity contribution in [2.24, 2.45) is 0 Å². The van der Waals surface area contributed by atoms with Gasteiger partial charge in [0.25, 0.3) is 0 Å². The van der Waals surface area contributed by atoms with Crippen molar-refractivity contribution in [3.63, 3.8) is 0 Å². The molecule has 1 amide bonds. The van der Waals surface area contributed by atoms with E-state index in [1.807, 2.05) is 18.2 Å². The van der Waals surface area contributed by atoms with Crippen LogP contribution in [-0.2, 0) is 11.2 Å². The number of carbonyl (C=O) groups excluding carboxylic acids is 1. The summed E-state index contributed by atoms with van der Waals surface area (Å²) in [5.74, 6) is 1.35. The first-order valence-corrected chi connectivity index (χ1v) is 7.84. The first-order valence-electron chi connectivity index (χ1n) is 7.84. The Bertz CT molecular complexity index is 459. The Morgan fingerprint density at radius 3 is 2.41 bits per heavy atom. The van der Waals surface area contributed by atoms with Gasteiger partial charge in [-0.05, 0) is 43.8 Å². The second-order valence-corrected chi connectivity index (χ2v) is 5.10. The average Bonchev–Trinajstić information content (AvgIpc) is 2.54. The van der Waals surface area contributed by atoms with Crippen LogP contribution in [0.4, 0.5) is 0 Å². The number of nitrogens with one attached hydrogen (secondary N) is 1. The second-order valence-electron chi connectivity index (χ2n) is 5.10. The molecule has 0 radical (unpaired) electrons. The Balaban J connectivity index is 2.39. The number of rotatable bonds is 10. The van der Waals surface area contributed by atoms with E-state index in [4.69, 9.17) is 9.47 Å². The van der Waals surface area contributed by atoms with E-state index in [-0.39, 0.29) is 5.91 Å². The Labute approximate surface area is 133 Å². The summed E-state index contributed by atoms with van der Waals surface area (Å²) in [4.78, 5) is 14.3. The number of hydrogen-bond acceptors (Lipinski definition) is 4. The molecule has 1 rings (SSSR count). The van der Waals surface area contributed by atoms with Crippen LogP contribution in [-0.4, -0.2) is 51.2 Å². The van der Waals surface area contributed by atoms with Gasteiger partial charge in [0.15, 0.2) is 11.5 Å². The Morgan fingerprint density at radius 1 is 1.14 bits per heavy atom. The monoisotopic (exact) mass is 308 g/mol. The van der Waals surface area contributed by atoms with Crippen LogP contribution in [0.15, 0.2) is 18.2 Å². The predicted octanol–water partition coefficient (Wildman–Crippen LogP) is 2.09. The normalized spacial score (nSPS) is 10.6. The molecule has 0 aliphatic heterocycles.